The lowest BCUT2D eigenvalue weighted by atomic mass is 9.75. The highest BCUT2D eigenvalue weighted by Gasteiger charge is 2.59. The Bertz CT molecular complexity index is 261. The largest absolute Gasteiger partial charge is 0.411 e. The van der Waals surface area contributed by atoms with Crippen LogP contribution in [0.1, 0.15) is 40.0 Å². The molecule has 0 aromatic carbocycles. The second-order valence-electron chi connectivity index (χ2n) is 5.14. The van der Waals surface area contributed by atoms with Crippen LogP contribution in [0.5, 0.6) is 0 Å². The van der Waals surface area contributed by atoms with Crippen molar-refractivity contribution >= 4 is 5.91 Å². The standard InChI is InChI=1S/C10H16F3NO/c1-8(2,3)7(15)14-9(5-4-6-9)10(11,12)13/h4-6H2,1-3H3,(H,14,15). The second kappa shape index (κ2) is 3.39. The number of nitrogens with one attached hydrogen (secondary N) is 1. The van der Waals surface area contributed by atoms with Gasteiger partial charge in [0.15, 0.2) is 0 Å². The van der Waals surface area contributed by atoms with Gasteiger partial charge in [-0.25, -0.2) is 0 Å². The van der Waals surface area contributed by atoms with Gasteiger partial charge in [-0.2, -0.15) is 13.2 Å². The number of carbonyl (C=O) groups is 1. The van der Waals surface area contributed by atoms with E-state index in [1.807, 2.05) is 0 Å². The van der Waals surface area contributed by atoms with Crippen LogP contribution < -0.4 is 5.32 Å². The van der Waals surface area contributed by atoms with E-state index in [-0.39, 0.29) is 12.8 Å². The average molecular weight is 223 g/mol. The topological polar surface area (TPSA) is 29.1 Å². The van der Waals surface area contributed by atoms with Gasteiger partial charge in [0.2, 0.25) is 5.91 Å². The van der Waals surface area contributed by atoms with E-state index >= 15 is 0 Å². The third kappa shape index (κ3) is 2.26. The fourth-order valence-corrected chi connectivity index (χ4v) is 1.41. The Kier molecular flexibility index (Phi) is 2.78. The predicted octanol–water partition coefficient (Wildman–Crippen LogP) is 2.63. The van der Waals surface area contributed by atoms with Gasteiger partial charge in [0.05, 0.1) is 0 Å². The number of halogens is 3. The zero-order valence-corrected chi connectivity index (χ0v) is 9.16. The maximum atomic E-state index is 12.7. The molecule has 88 valence electrons. The third-order valence-electron chi connectivity index (χ3n) is 2.78. The van der Waals surface area contributed by atoms with Crippen LogP contribution in [-0.2, 0) is 4.79 Å². The Morgan fingerprint density at radius 1 is 1.20 bits per heavy atom. The summed E-state index contributed by atoms with van der Waals surface area (Å²) in [7, 11) is 0. The quantitative estimate of drug-likeness (QED) is 0.727. The zero-order chi connectivity index (χ0) is 11.9. The first kappa shape index (κ1) is 12.3. The predicted molar refractivity (Wildman–Crippen MR) is 50.2 cm³/mol. The molecule has 0 saturated heterocycles. The van der Waals surface area contributed by atoms with Crippen LogP contribution >= 0.6 is 0 Å². The molecule has 5 heteroatoms. The fourth-order valence-electron chi connectivity index (χ4n) is 1.41. The normalized spacial score (nSPS) is 20.7. The van der Waals surface area contributed by atoms with E-state index in [4.69, 9.17) is 0 Å². The molecule has 0 bridgehead atoms. The van der Waals surface area contributed by atoms with Gasteiger partial charge < -0.3 is 5.32 Å². The Morgan fingerprint density at radius 2 is 1.67 bits per heavy atom. The lowest BCUT2D eigenvalue weighted by Gasteiger charge is -2.44. The maximum Gasteiger partial charge on any atom is 0.411 e. The molecule has 0 aliphatic heterocycles. The van der Waals surface area contributed by atoms with Crippen molar-refractivity contribution < 1.29 is 18.0 Å². The first-order valence-electron chi connectivity index (χ1n) is 4.98. The van der Waals surface area contributed by atoms with Crippen molar-refractivity contribution in [2.75, 3.05) is 0 Å². The van der Waals surface area contributed by atoms with Crippen molar-refractivity contribution in [3.63, 3.8) is 0 Å². The van der Waals surface area contributed by atoms with Crippen LogP contribution in [0.25, 0.3) is 0 Å². The van der Waals surface area contributed by atoms with Crippen LogP contribution in [0.3, 0.4) is 0 Å². The summed E-state index contributed by atoms with van der Waals surface area (Å²) in [5.74, 6) is -0.542. The number of carbonyl (C=O) groups excluding carboxylic acids is 1. The highest BCUT2D eigenvalue weighted by atomic mass is 19.4. The van der Waals surface area contributed by atoms with Gasteiger partial charge in [-0.3, -0.25) is 4.79 Å². The van der Waals surface area contributed by atoms with Gasteiger partial charge in [0, 0.05) is 5.41 Å². The van der Waals surface area contributed by atoms with Gasteiger partial charge in [0.25, 0.3) is 0 Å². The monoisotopic (exact) mass is 223 g/mol. The SMILES string of the molecule is CC(C)(C)C(=O)NC1(C(F)(F)F)CCC1. The summed E-state index contributed by atoms with van der Waals surface area (Å²) in [5, 5.41) is 2.15. The van der Waals surface area contributed by atoms with E-state index in [0.29, 0.717) is 6.42 Å². The number of amides is 1. The minimum Gasteiger partial charge on any atom is -0.342 e. The van der Waals surface area contributed by atoms with Crippen LogP contribution in [0, 0.1) is 5.41 Å². The van der Waals surface area contributed by atoms with E-state index in [2.05, 4.69) is 5.32 Å². The van der Waals surface area contributed by atoms with Crippen LogP contribution in [0.4, 0.5) is 13.2 Å². The van der Waals surface area contributed by atoms with Crippen LogP contribution in [0.15, 0.2) is 0 Å². The molecule has 15 heavy (non-hydrogen) atoms. The Hall–Kier alpha value is -0.740. The molecule has 1 N–H and O–H groups in total. The summed E-state index contributed by atoms with van der Waals surface area (Å²) in [6.07, 6.45) is -3.83. The highest BCUT2D eigenvalue weighted by molar-refractivity contribution is 5.82. The van der Waals surface area contributed by atoms with E-state index < -0.39 is 23.0 Å². The number of hydrogen-bond donors (Lipinski definition) is 1. The summed E-state index contributed by atoms with van der Waals surface area (Å²) in [6, 6.07) is 0. The van der Waals surface area contributed by atoms with Crippen molar-refractivity contribution in [1.29, 1.82) is 0 Å². The molecule has 1 rings (SSSR count). The summed E-state index contributed by atoms with van der Waals surface area (Å²) in [4.78, 5) is 11.5. The summed E-state index contributed by atoms with van der Waals surface area (Å²) in [6.45, 7) is 4.81. The van der Waals surface area contributed by atoms with Gasteiger partial charge in [-0.15, -0.1) is 0 Å². The van der Waals surface area contributed by atoms with Crippen molar-refractivity contribution in [1.82, 2.24) is 5.32 Å². The van der Waals surface area contributed by atoms with Gasteiger partial charge in [0.1, 0.15) is 5.54 Å². The molecule has 1 aliphatic carbocycles. The van der Waals surface area contributed by atoms with E-state index in [9.17, 15) is 18.0 Å². The highest BCUT2D eigenvalue weighted by Crippen LogP contribution is 2.45. The molecule has 1 amide bonds. The third-order valence-corrected chi connectivity index (χ3v) is 2.78. The molecule has 0 spiro atoms. The van der Waals surface area contributed by atoms with Gasteiger partial charge in [-0.1, -0.05) is 20.8 Å². The molecule has 0 aromatic rings. The Morgan fingerprint density at radius 3 is 1.87 bits per heavy atom. The van der Waals surface area contributed by atoms with Crippen molar-refractivity contribution in [2.24, 2.45) is 5.41 Å². The van der Waals surface area contributed by atoms with E-state index in [1.54, 1.807) is 20.8 Å². The average Bonchev–Trinajstić information content (AvgIpc) is 1.91. The van der Waals surface area contributed by atoms with E-state index in [0.717, 1.165) is 0 Å². The molecular formula is C10H16F3NO. The second-order valence-corrected chi connectivity index (χ2v) is 5.14. The number of hydrogen-bond acceptors (Lipinski definition) is 1. The molecule has 1 fully saturated rings. The molecule has 0 heterocycles. The molecule has 0 radical (unpaired) electrons. The summed E-state index contributed by atoms with van der Waals surface area (Å²) < 4.78 is 38.1. The maximum absolute atomic E-state index is 12.7. The number of alkyl halides is 3. The van der Waals surface area contributed by atoms with Crippen LogP contribution in [0.2, 0.25) is 0 Å². The molecular weight excluding hydrogens is 207 g/mol. The molecule has 1 aliphatic rings. The van der Waals surface area contributed by atoms with Crippen molar-refractivity contribution in [3.05, 3.63) is 0 Å². The minimum absolute atomic E-state index is 0.00167. The minimum atomic E-state index is -4.34. The first-order valence-corrected chi connectivity index (χ1v) is 4.98. The molecule has 0 aromatic heterocycles. The smallest absolute Gasteiger partial charge is 0.342 e. The summed E-state index contributed by atoms with van der Waals surface area (Å²) in [5.41, 5.74) is -2.74. The fraction of sp³-hybridized carbons (Fsp3) is 0.900. The Balaban J connectivity index is 2.75. The van der Waals surface area contributed by atoms with E-state index in [1.165, 1.54) is 0 Å². The molecule has 1 saturated carbocycles. The zero-order valence-electron chi connectivity index (χ0n) is 9.16. The van der Waals surface area contributed by atoms with Crippen LogP contribution in [-0.4, -0.2) is 17.6 Å². The van der Waals surface area contributed by atoms with Crippen molar-refractivity contribution in [3.8, 4) is 0 Å². The molecule has 2 nitrogen and oxygen atoms in total. The first-order chi connectivity index (χ1) is 6.58. The Labute approximate surface area is 87.2 Å². The van der Waals surface area contributed by atoms with Gasteiger partial charge >= 0.3 is 6.18 Å². The molecule has 0 atom stereocenters. The molecule has 0 unspecified atom stereocenters. The summed E-state index contributed by atoms with van der Waals surface area (Å²) >= 11 is 0. The lowest BCUT2D eigenvalue weighted by molar-refractivity contribution is -0.220. The lowest BCUT2D eigenvalue weighted by Crippen LogP contribution is -2.64. The number of rotatable bonds is 1. The van der Waals surface area contributed by atoms with Gasteiger partial charge in [-0.05, 0) is 19.3 Å². The van der Waals surface area contributed by atoms with Crippen molar-refractivity contribution in [2.45, 2.75) is 51.7 Å².